The summed E-state index contributed by atoms with van der Waals surface area (Å²) in [6.07, 6.45) is 7.51. The van der Waals surface area contributed by atoms with Crippen LogP contribution in [0, 0.1) is 18.3 Å². The van der Waals surface area contributed by atoms with E-state index < -0.39 is 0 Å². The standard InChI is InChI=1S/C22H20N6/c1-15-9-16(12-23)4-5-20(15)17-6-8-25-22(10-17)26-14-19-11-21(28-27-19)18-3-2-7-24-13-18/h4-11,13H,2-3,14H2,1H3,(H,25,26)(H,27,28). The quantitative estimate of drug-likeness (QED) is 0.695. The fourth-order valence-corrected chi connectivity index (χ4v) is 3.25. The van der Waals surface area contributed by atoms with E-state index >= 15 is 0 Å². The van der Waals surface area contributed by atoms with Crippen LogP contribution in [0.4, 0.5) is 5.82 Å². The van der Waals surface area contributed by atoms with E-state index in [0.29, 0.717) is 12.1 Å². The first-order valence-corrected chi connectivity index (χ1v) is 9.19. The predicted octanol–water partition coefficient (Wildman–Crippen LogP) is 4.47. The van der Waals surface area contributed by atoms with E-state index in [9.17, 15) is 0 Å². The average molecular weight is 368 g/mol. The molecule has 4 rings (SSSR count). The number of aryl methyl sites for hydroxylation is 1. The number of nitriles is 1. The number of allylic oxidation sites excluding steroid dienone is 1. The molecule has 0 radical (unpaired) electrons. The van der Waals surface area contributed by atoms with Crippen molar-refractivity contribution in [2.24, 2.45) is 4.99 Å². The number of benzene rings is 1. The van der Waals surface area contributed by atoms with Gasteiger partial charge in [0, 0.05) is 18.6 Å². The van der Waals surface area contributed by atoms with Gasteiger partial charge < -0.3 is 5.32 Å². The summed E-state index contributed by atoms with van der Waals surface area (Å²) in [5.41, 5.74) is 6.99. The fraction of sp³-hybridized carbons (Fsp3) is 0.182. The molecule has 0 amide bonds. The zero-order chi connectivity index (χ0) is 19.3. The lowest BCUT2D eigenvalue weighted by atomic mass is 9.99. The molecule has 0 bridgehead atoms. The van der Waals surface area contributed by atoms with Gasteiger partial charge in [0.05, 0.1) is 29.6 Å². The molecular weight excluding hydrogens is 348 g/mol. The molecule has 2 N–H and O–H groups in total. The summed E-state index contributed by atoms with van der Waals surface area (Å²) in [5, 5.41) is 19.9. The first-order valence-electron chi connectivity index (χ1n) is 9.19. The largest absolute Gasteiger partial charge is 0.364 e. The molecule has 6 heteroatoms. The Labute approximate surface area is 163 Å². The van der Waals surface area contributed by atoms with Gasteiger partial charge in [-0.15, -0.1) is 0 Å². The maximum absolute atomic E-state index is 9.04. The number of aliphatic imine (C=N–C) groups is 1. The molecule has 2 aromatic heterocycles. The summed E-state index contributed by atoms with van der Waals surface area (Å²) in [6, 6.07) is 13.9. The maximum Gasteiger partial charge on any atom is 0.126 e. The summed E-state index contributed by atoms with van der Waals surface area (Å²) in [7, 11) is 0. The third kappa shape index (κ3) is 3.84. The summed E-state index contributed by atoms with van der Waals surface area (Å²) in [6.45, 7) is 2.62. The van der Waals surface area contributed by atoms with Crippen LogP contribution in [0.15, 0.2) is 53.8 Å². The molecule has 1 aliphatic heterocycles. The van der Waals surface area contributed by atoms with Gasteiger partial charge in [-0.25, -0.2) is 4.98 Å². The first-order chi connectivity index (χ1) is 13.7. The molecule has 6 nitrogen and oxygen atoms in total. The molecule has 1 aromatic carbocycles. The Bertz CT molecular complexity index is 1100. The molecule has 3 heterocycles. The second-order valence-corrected chi connectivity index (χ2v) is 6.73. The Kier molecular flexibility index (Phi) is 4.98. The van der Waals surface area contributed by atoms with Crippen LogP contribution in [0.3, 0.4) is 0 Å². The third-order valence-electron chi connectivity index (χ3n) is 4.72. The van der Waals surface area contributed by atoms with Crippen LogP contribution in [0.25, 0.3) is 16.7 Å². The second-order valence-electron chi connectivity index (χ2n) is 6.73. The van der Waals surface area contributed by atoms with Crippen molar-refractivity contribution in [3.63, 3.8) is 0 Å². The molecule has 3 aromatic rings. The molecule has 0 unspecified atom stereocenters. The molecule has 138 valence electrons. The van der Waals surface area contributed by atoms with Gasteiger partial charge in [-0.2, -0.15) is 10.4 Å². The monoisotopic (exact) mass is 368 g/mol. The minimum absolute atomic E-state index is 0.604. The Morgan fingerprint density at radius 2 is 2.14 bits per heavy atom. The van der Waals surface area contributed by atoms with E-state index in [1.807, 2.05) is 55.7 Å². The van der Waals surface area contributed by atoms with Crippen molar-refractivity contribution in [1.29, 1.82) is 5.26 Å². The van der Waals surface area contributed by atoms with Gasteiger partial charge in [0.1, 0.15) is 5.82 Å². The number of nitrogens with zero attached hydrogens (tertiary/aromatic N) is 4. The molecule has 1 aliphatic rings. The number of pyridine rings is 1. The Morgan fingerprint density at radius 1 is 1.21 bits per heavy atom. The highest BCUT2D eigenvalue weighted by atomic mass is 15.1. The minimum Gasteiger partial charge on any atom is -0.364 e. The summed E-state index contributed by atoms with van der Waals surface area (Å²) < 4.78 is 0. The highest BCUT2D eigenvalue weighted by Crippen LogP contribution is 2.26. The maximum atomic E-state index is 9.04. The highest BCUT2D eigenvalue weighted by Gasteiger charge is 2.09. The van der Waals surface area contributed by atoms with Gasteiger partial charge in [0.2, 0.25) is 0 Å². The van der Waals surface area contributed by atoms with Crippen LogP contribution in [-0.2, 0) is 6.54 Å². The van der Waals surface area contributed by atoms with E-state index in [-0.39, 0.29) is 0 Å². The number of aromatic amines is 1. The number of nitrogens with one attached hydrogen (secondary N) is 2. The minimum atomic E-state index is 0.604. The summed E-state index contributed by atoms with van der Waals surface area (Å²) in [5.74, 6) is 0.791. The Balaban J connectivity index is 1.47. The van der Waals surface area contributed by atoms with Gasteiger partial charge in [0.15, 0.2) is 0 Å². The van der Waals surface area contributed by atoms with Crippen LogP contribution in [0.2, 0.25) is 0 Å². The van der Waals surface area contributed by atoms with E-state index in [4.69, 9.17) is 5.26 Å². The normalized spacial score (nSPS) is 13.1. The van der Waals surface area contributed by atoms with Gasteiger partial charge in [0.25, 0.3) is 0 Å². The Morgan fingerprint density at radius 3 is 2.93 bits per heavy atom. The van der Waals surface area contributed by atoms with Crippen LogP contribution in [-0.4, -0.2) is 21.4 Å². The first kappa shape index (κ1) is 17.7. The second kappa shape index (κ2) is 7.89. The van der Waals surface area contributed by atoms with Crippen molar-refractivity contribution in [2.45, 2.75) is 26.3 Å². The number of aromatic nitrogens is 3. The molecular formula is C22H20N6. The number of H-pyrrole nitrogens is 1. The Hall–Kier alpha value is -3.72. The number of hydrogen-bond acceptors (Lipinski definition) is 5. The average Bonchev–Trinajstić information content (AvgIpc) is 3.22. The molecule has 0 saturated heterocycles. The van der Waals surface area contributed by atoms with Crippen molar-refractivity contribution >= 4 is 17.6 Å². The summed E-state index contributed by atoms with van der Waals surface area (Å²) >= 11 is 0. The van der Waals surface area contributed by atoms with Crippen LogP contribution in [0.5, 0.6) is 0 Å². The van der Waals surface area contributed by atoms with E-state index in [1.54, 1.807) is 6.20 Å². The lowest BCUT2D eigenvalue weighted by Crippen LogP contribution is -2.01. The predicted molar refractivity (Wildman–Crippen MR) is 111 cm³/mol. The molecule has 0 saturated carbocycles. The van der Waals surface area contributed by atoms with E-state index in [0.717, 1.165) is 52.3 Å². The highest BCUT2D eigenvalue weighted by molar-refractivity contribution is 5.72. The van der Waals surface area contributed by atoms with Crippen LogP contribution < -0.4 is 5.32 Å². The van der Waals surface area contributed by atoms with Crippen molar-refractivity contribution in [2.75, 3.05) is 5.32 Å². The van der Waals surface area contributed by atoms with Crippen molar-refractivity contribution in [3.05, 3.63) is 71.3 Å². The fourth-order valence-electron chi connectivity index (χ4n) is 3.25. The van der Waals surface area contributed by atoms with Crippen molar-refractivity contribution in [1.82, 2.24) is 15.2 Å². The van der Waals surface area contributed by atoms with Gasteiger partial charge in [-0.3, -0.25) is 10.1 Å². The van der Waals surface area contributed by atoms with E-state index in [2.05, 4.69) is 31.6 Å². The van der Waals surface area contributed by atoms with Gasteiger partial charge >= 0.3 is 0 Å². The van der Waals surface area contributed by atoms with Crippen LogP contribution in [0.1, 0.15) is 35.4 Å². The van der Waals surface area contributed by atoms with E-state index in [1.165, 1.54) is 0 Å². The van der Waals surface area contributed by atoms with Crippen molar-refractivity contribution < 1.29 is 0 Å². The number of hydrogen-bond donors (Lipinski definition) is 2. The molecule has 0 atom stereocenters. The molecule has 0 fully saturated rings. The van der Waals surface area contributed by atoms with Crippen LogP contribution >= 0.6 is 0 Å². The lowest BCUT2D eigenvalue weighted by Gasteiger charge is -2.09. The molecule has 0 aliphatic carbocycles. The number of anilines is 1. The SMILES string of the molecule is Cc1cc(C#N)ccc1-c1ccnc(NCc2cc(C3=CN=CCC3)n[nH]2)c1. The smallest absolute Gasteiger partial charge is 0.126 e. The summed E-state index contributed by atoms with van der Waals surface area (Å²) in [4.78, 5) is 8.62. The van der Waals surface area contributed by atoms with Gasteiger partial charge in [-0.05, 0) is 72.4 Å². The number of rotatable bonds is 5. The molecule has 0 spiro atoms. The zero-order valence-corrected chi connectivity index (χ0v) is 15.6. The third-order valence-corrected chi connectivity index (χ3v) is 4.72. The van der Waals surface area contributed by atoms with Crippen molar-refractivity contribution in [3.8, 4) is 17.2 Å². The zero-order valence-electron chi connectivity index (χ0n) is 15.6. The molecule has 28 heavy (non-hydrogen) atoms. The van der Waals surface area contributed by atoms with Gasteiger partial charge in [-0.1, -0.05) is 6.07 Å². The lowest BCUT2D eigenvalue weighted by molar-refractivity contribution is 0.964. The topological polar surface area (TPSA) is 89.8 Å².